The van der Waals surface area contributed by atoms with Gasteiger partial charge in [0.25, 0.3) is 0 Å². The molecule has 6 nitrogen and oxygen atoms in total. The summed E-state index contributed by atoms with van der Waals surface area (Å²) in [6.07, 6.45) is 2.08. The second-order valence-corrected chi connectivity index (χ2v) is 15.6. The number of benzene rings is 8. The van der Waals surface area contributed by atoms with Crippen molar-refractivity contribution >= 4 is 22.7 Å². The maximum absolute atomic E-state index is 5.09. The highest BCUT2D eigenvalue weighted by molar-refractivity contribution is 5.85. The van der Waals surface area contributed by atoms with Crippen LogP contribution in [-0.4, -0.2) is 24.3 Å². The number of hydrogen-bond donors (Lipinski definition) is 0. The predicted octanol–water partition coefficient (Wildman–Crippen LogP) is 14.7. The fourth-order valence-electron chi connectivity index (χ4n) is 8.27. The monoisotopic (exact) mass is 820 g/mol. The van der Waals surface area contributed by atoms with Crippen LogP contribution in [0.2, 0.25) is 0 Å². The minimum atomic E-state index is 0.625. The van der Waals surface area contributed by atoms with Crippen molar-refractivity contribution in [1.29, 1.82) is 0 Å². The Morgan fingerprint density at radius 3 is 1.11 bits per heavy atom. The lowest BCUT2D eigenvalue weighted by Crippen LogP contribution is -2.09. The number of pyridine rings is 1. The van der Waals surface area contributed by atoms with Gasteiger partial charge in [0, 0.05) is 51.1 Å². The van der Waals surface area contributed by atoms with E-state index in [0.29, 0.717) is 17.5 Å². The summed E-state index contributed by atoms with van der Waals surface area (Å²) >= 11 is 0. The van der Waals surface area contributed by atoms with Crippen molar-refractivity contribution < 1.29 is 0 Å². The van der Waals surface area contributed by atoms with Crippen LogP contribution in [0, 0.1) is 0 Å². The lowest BCUT2D eigenvalue weighted by Gasteiger charge is -2.26. The van der Waals surface area contributed by atoms with Crippen molar-refractivity contribution in [1.82, 2.24) is 24.3 Å². The summed E-state index contributed by atoms with van der Waals surface area (Å²) < 4.78 is 2.17. The first-order valence-corrected chi connectivity index (χ1v) is 21.4. The second-order valence-electron chi connectivity index (χ2n) is 15.6. The Morgan fingerprint density at radius 2 is 0.609 bits per heavy atom. The van der Waals surface area contributed by atoms with Crippen LogP contribution in [0.5, 0.6) is 0 Å². The van der Waals surface area contributed by atoms with Crippen LogP contribution in [0.1, 0.15) is 0 Å². The smallest absolute Gasteiger partial charge is 0.164 e. The Kier molecular flexibility index (Phi) is 10.1. The Labute approximate surface area is 372 Å². The van der Waals surface area contributed by atoms with Crippen molar-refractivity contribution in [2.75, 3.05) is 4.90 Å². The summed E-state index contributed by atoms with van der Waals surface area (Å²) in [5, 5.41) is 0. The molecule has 302 valence electrons. The Balaban J connectivity index is 0.889. The van der Waals surface area contributed by atoms with Gasteiger partial charge in [-0.25, -0.2) is 19.9 Å². The van der Waals surface area contributed by atoms with Crippen LogP contribution in [0.4, 0.5) is 17.1 Å². The lowest BCUT2D eigenvalue weighted by atomic mass is 10.0. The van der Waals surface area contributed by atoms with Gasteiger partial charge in [0.05, 0.1) is 11.4 Å². The molecule has 0 aliphatic heterocycles. The molecule has 0 bridgehead atoms. The van der Waals surface area contributed by atoms with Crippen molar-refractivity contribution in [2.24, 2.45) is 0 Å². The SMILES string of the molecule is c1ccc(-c2ccc(-c3nc(-c4ccccc4)nc(-c4ccc(-c5ccc(N(c6ccccc6)c6ccc(-c7nc8ccccn8c7-c7ccccc7)cc6)cc5)cc4)n3)cc2)cc1. The van der Waals surface area contributed by atoms with E-state index >= 15 is 0 Å². The zero-order valence-corrected chi connectivity index (χ0v) is 34.8. The van der Waals surface area contributed by atoms with Gasteiger partial charge in [-0.3, -0.25) is 4.40 Å². The summed E-state index contributed by atoms with van der Waals surface area (Å²) in [5.74, 6) is 1.89. The fraction of sp³-hybridized carbons (Fsp3) is 0. The van der Waals surface area contributed by atoms with Crippen molar-refractivity contribution in [3.8, 4) is 78.9 Å². The van der Waals surface area contributed by atoms with Gasteiger partial charge in [-0.1, -0.05) is 188 Å². The number of fused-ring (bicyclic) bond motifs is 1. The summed E-state index contributed by atoms with van der Waals surface area (Å²) in [7, 11) is 0. The molecule has 3 aromatic heterocycles. The van der Waals surface area contributed by atoms with Crippen LogP contribution in [-0.2, 0) is 0 Å². The molecule has 0 aliphatic carbocycles. The maximum Gasteiger partial charge on any atom is 0.164 e. The Hall–Kier alpha value is -8.74. The van der Waals surface area contributed by atoms with E-state index in [1.54, 1.807) is 0 Å². The first kappa shape index (κ1) is 38.2. The topological polar surface area (TPSA) is 59.2 Å². The zero-order valence-electron chi connectivity index (χ0n) is 34.8. The molecule has 11 aromatic rings. The molecule has 8 aromatic carbocycles. The summed E-state index contributed by atoms with van der Waals surface area (Å²) in [6, 6.07) is 81.9. The molecule has 0 amide bonds. The average molecular weight is 821 g/mol. The van der Waals surface area contributed by atoms with E-state index in [0.717, 1.165) is 78.6 Å². The van der Waals surface area contributed by atoms with Gasteiger partial charge in [0.2, 0.25) is 0 Å². The van der Waals surface area contributed by atoms with E-state index < -0.39 is 0 Å². The quantitative estimate of drug-likeness (QED) is 0.138. The molecule has 0 radical (unpaired) electrons. The molecular formula is C58H40N6. The van der Waals surface area contributed by atoms with Crippen molar-refractivity contribution in [2.45, 2.75) is 0 Å². The second kappa shape index (κ2) is 17.0. The molecular weight excluding hydrogens is 781 g/mol. The molecule has 6 heteroatoms. The summed E-state index contributed by atoms with van der Waals surface area (Å²) in [6.45, 7) is 0. The third kappa shape index (κ3) is 7.61. The van der Waals surface area contributed by atoms with Gasteiger partial charge < -0.3 is 4.90 Å². The highest BCUT2D eigenvalue weighted by Gasteiger charge is 2.18. The van der Waals surface area contributed by atoms with Gasteiger partial charge in [0.1, 0.15) is 5.65 Å². The van der Waals surface area contributed by atoms with E-state index in [1.807, 2.05) is 54.6 Å². The average Bonchev–Trinajstić information content (AvgIpc) is 3.78. The van der Waals surface area contributed by atoms with E-state index in [4.69, 9.17) is 19.9 Å². The first-order chi connectivity index (χ1) is 31.7. The molecule has 0 saturated carbocycles. The fourth-order valence-corrected chi connectivity index (χ4v) is 8.27. The largest absolute Gasteiger partial charge is 0.311 e. The van der Waals surface area contributed by atoms with Gasteiger partial charge >= 0.3 is 0 Å². The van der Waals surface area contributed by atoms with Crippen LogP contribution >= 0.6 is 0 Å². The highest BCUT2D eigenvalue weighted by Crippen LogP contribution is 2.39. The molecule has 0 atom stereocenters. The molecule has 11 rings (SSSR count). The van der Waals surface area contributed by atoms with Gasteiger partial charge in [-0.2, -0.15) is 0 Å². The van der Waals surface area contributed by atoms with Crippen LogP contribution in [0.15, 0.2) is 243 Å². The summed E-state index contributed by atoms with van der Waals surface area (Å²) in [5.41, 5.74) is 15.6. The number of hydrogen-bond acceptors (Lipinski definition) is 5. The van der Waals surface area contributed by atoms with Crippen LogP contribution in [0.3, 0.4) is 0 Å². The predicted molar refractivity (Wildman–Crippen MR) is 261 cm³/mol. The number of nitrogens with zero attached hydrogens (tertiary/aromatic N) is 6. The van der Waals surface area contributed by atoms with Gasteiger partial charge in [-0.05, 0) is 70.8 Å². The number of imidazole rings is 1. The molecule has 0 spiro atoms. The molecule has 0 fully saturated rings. The molecule has 0 saturated heterocycles. The molecule has 3 heterocycles. The number of rotatable bonds is 10. The number of para-hydroxylation sites is 1. The van der Waals surface area contributed by atoms with Crippen LogP contribution < -0.4 is 4.90 Å². The maximum atomic E-state index is 5.09. The van der Waals surface area contributed by atoms with Crippen molar-refractivity contribution in [3.63, 3.8) is 0 Å². The lowest BCUT2D eigenvalue weighted by molar-refractivity contribution is 1.07. The minimum absolute atomic E-state index is 0.625. The summed E-state index contributed by atoms with van der Waals surface area (Å²) in [4.78, 5) is 22.3. The standard InChI is InChI=1S/C58H40N6/c1-5-15-41(16-6-1)42-24-28-48(29-25-42)57-60-56(47-19-9-3-10-20-47)61-58(62-57)49-30-26-43(27-31-49)44-32-36-51(37-33-44)64(50-21-11-4-12-22-50)52-38-34-45(35-39-52)54-55(46-17-7-2-8-18-46)63-40-14-13-23-53(63)59-54/h1-40H. The first-order valence-electron chi connectivity index (χ1n) is 21.4. The van der Waals surface area contributed by atoms with Gasteiger partial charge in [-0.15, -0.1) is 0 Å². The Morgan fingerprint density at radius 1 is 0.266 bits per heavy atom. The van der Waals surface area contributed by atoms with Crippen molar-refractivity contribution in [3.05, 3.63) is 243 Å². The van der Waals surface area contributed by atoms with E-state index in [2.05, 4.69) is 197 Å². The third-order valence-electron chi connectivity index (χ3n) is 11.5. The van der Waals surface area contributed by atoms with Gasteiger partial charge in [0.15, 0.2) is 17.5 Å². The minimum Gasteiger partial charge on any atom is -0.311 e. The van der Waals surface area contributed by atoms with Crippen LogP contribution in [0.25, 0.3) is 84.6 Å². The third-order valence-corrected chi connectivity index (χ3v) is 11.5. The molecule has 64 heavy (non-hydrogen) atoms. The Bertz CT molecular complexity index is 3320. The molecule has 0 aliphatic rings. The molecule has 0 N–H and O–H groups in total. The van der Waals surface area contributed by atoms with E-state index in [9.17, 15) is 0 Å². The zero-order chi connectivity index (χ0) is 42.7. The van der Waals surface area contributed by atoms with E-state index in [1.165, 1.54) is 5.56 Å². The number of aromatic nitrogens is 5. The highest BCUT2D eigenvalue weighted by atomic mass is 15.1. The number of anilines is 3. The molecule has 0 unspecified atom stereocenters. The van der Waals surface area contributed by atoms with E-state index in [-0.39, 0.29) is 0 Å². The normalized spacial score (nSPS) is 11.1.